The monoisotopic (exact) mass is 326 g/mol. The van der Waals surface area contributed by atoms with Crippen molar-refractivity contribution < 1.29 is 34.8 Å². The number of phenolic OH excluding ortho intramolecular Hbond substituents is 2. The molecule has 2 aromatic carbocycles. The summed E-state index contributed by atoms with van der Waals surface area (Å²) in [5, 5.41) is 39.0. The van der Waals surface area contributed by atoms with Crippen molar-refractivity contribution in [3.63, 3.8) is 0 Å². The van der Waals surface area contributed by atoms with Crippen LogP contribution in [-0.2, 0) is 16.8 Å². The van der Waals surface area contributed by atoms with Crippen LogP contribution in [0.3, 0.4) is 0 Å². The predicted molar refractivity (Wildman–Crippen MR) is 77.7 cm³/mol. The SMILES string of the molecule is O=P(O)(O)c1cccc(O)c1C(O)(O)Cc1cccc(O)c1. The minimum Gasteiger partial charge on any atom is -0.508 e. The molecule has 0 aliphatic carbocycles. The fourth-order valence-electron chi connectivity index (χ4n) is 2.22. The molecular formula is C14H15O7P. The number of benzene rings is 2. The largest absolute Gasteiger partial charge is 0.508 e. The maximum absolute atomic E-state index is 11.5. The van der Waals surface area contributed by atoms with Crippen molar-refractivity contribution in [2.45, 2.75) is 12.2 Å². The summed E-state index contributed by atoms with van der Waals surface area (Å²) in [6.45, 7) is 0. The molecule has 0 heterocycles. The number of hydrogen-bond donors (Lipinski definition) is 6. The Kier molecular flexibility index (Phi) is 4.28. The summed E-state index contributed by atoms with van der Waals surface area (Å²) in [6.07, 6.45) is -0.480. The van der Waals surface area contributed by atoms with Gasteiger partial charge < -0.3 is 30.2 Å². The average Bonchev–Trinajstić information content (AvgIpc) is 2.36. The Morgan fingerprint density at radius 1 is 1.00 bits per heavy atom. The molecule has 0 aromatic heterocycles. The van der Waals surface area contributed by atoms with Crippen LogP contribution in [0.5, 0.6) is 11.5 Å². The van der Waals surface area contributed by atoms with Crippen molar-refractivity contribution in [3.05, 3.63) is 53.6 Å². The quantitative estimate of drug-likeness (QED) is 0.350. The van der Waals surface area contributed by atoms with Crippen LogP contribution in [0.25, 0.3) is 0 Å². The number of rotatable bonds is 4. The second kappa shape index (κ2) is 5.72. The fraction of sp³-hybridized carbons (Fsp3) is 0.143. The van der Waals surface area contributed by atoms with Gasteiger partial charge in [0.25, 0.3) is 0 Å². The molecule has 2 aromatic rings. The molecule has 6 N–H and O–H groups in total. The summed E-state index contributed by atoms with van der Waals surface area (Å²) < 4.78 is 11.5. The Morgan fingerprint density at radius 2 is 1.64 bits per heavy atom. The standard InChI is InChI=1S/C14H15O7P/c15-10-4-1-3-9(7-10)8-14(17,18)13-11(16)5-2-6-12(13)22(19,20)21/h1-7,15-18H,8H2,(H2,19,20,21). The molecule has 2 rings (SSSR count). The molecule has 0 radical (unpaired) electrons. The van der Waals surface area contributed by atoms with Gasteiger partial charge in [-0.15, -0.1) is 0 Å². The molecule has 0 aliphatic rings. The van der Waals surface area contributed by atoms with Crippen molar-refractivity contribution in [2.75, 3.05) is 0 Å². The van der Waals surface area contributed by atoms with Crippen LogP contribution in [0.2, 0.25) is 0 Å². The Morgan fingerprint density at radius 3 is 2.23 bits per heavy atom. The lowest BCUT2D eigenvalue weighted by molar-refractivity contribution is -0.168. The lowest BCUT2D eigenvalue weighted by Crippen LogP contribution is -2.33. The van der Waals surface area contributed by atoms with Crippen LogP contribution < -0.4 is 5.30 Å². The smallest absolute Gasteiger partial charge is 0.356 e. The van der Waals surface area contributed by atoms with Crippen molar-refractivity contribution in [3.8, 4) is 11.5 Å². The first kappa shape index (κ1) is 16.5. The second-order valence-corrected chi connectivity index (χ2v) is 6.45. The summed E-state index contributed by atoms with van der Waals surface area (Å²) >= 11 is 0. The molecule has 0 aliphatic heterocycles. The molecule has 0 amide bonds. The Labute approximate surface area is 125 Å². The molecule has 0 bridgehead atoms. The third kappa shape index (κ3) is 3.47. The van der Waals surface area contributed by atoms with E-state index in [2.05, 4.69) is 0 Å². The summed E-state index contributed by atoms with van der Waals surface area (Å²) in [4.78, 5) is 18.6. The van der Waals surface area contributed by atoms with Crippen molar-refractivity contribution in [1.82, 2.24) is 0 Å². The van der Waals surface area contributed by atoms with E-state index >= 15 is 0 Å². The van der Waals surface area contributed by atoms with Crippen LogP contribution in [-0.4, -0.2) is 30.2 Å². The molecule has 0 fully saturated rings. The molecule has 8 heteroatoms. The molecular weight excluding hydrogens is 311 g/mol. The van der Waals surface area contributed by atoms with Gasteiger partial charge >= 0.3 is 7.60 Å². The van der Waals surface area contributed by atoms with Gasteiger partial charge in [-0.25, -0.2) is 0 Å². The Hall–Kier alpha value is -1.89. The van der Waals surface area contributed by atoms with Gasteiger partial charge in [-0.1, -0.05) is 18.2 Å². The zero-order valence-electron chi connectivity index (χ0n) is 11.3. The summed E-state index contributed by atoms with van der Waals surface area (Å²) in [7, 11) is -4.82. The molecule has 118 valence electrons. The van der Waals surface area contributed by atoms with Gasteiger partial charge in [0.2, 0.25) is 0 Å². The number of phenols is 2. The highest BCUT2D eigenvalue weighted by Gasteiger charge is 2.37. The molecule has 0 saturated carbocycles. The van der Waals surface area contributed by atoms with Crippen LogP contribution in [0.4, 0.5) is 0 Å². The van der Waals surface area contributed by atoms with E-state index in [4.69, 9.17) is 0 Å². The zero-order valence-corrected chi connectivity index (χ0v) is 12.2. The molecule has 7 nitrogen and oxygen atoms in total. The summed E-state index contributed by atoms with van der Waals surface area (Å²) in [5.41, 5.74) is -0.350. The lowest BCUT2D eigenvalue weighted by Gasteiger charge is -2.26. The maximum atomic E-state index is 11.5. The topological polar surface area (TPSA) is 138 Å². The highest BCUT2D eigenvalue weighted by molar-refractivity contribution is 7.60. The Balaban J connectivity index is 2.52. The normalized spacial score (nSPS) is 12.4. The third-order valence-electron chi connectivity index (χ3n) is 3.10. The van der Waals surface area contributed by atoms with Crippen LogP contribution >= 0.6 is 7.60 Å². The minimum atomic E-state index is -4.82. The van der Waals surface area contributed by atoms with Crippen LogP contribution in [0.15, 0.2) is 42.5 Å². The van der Waals surface area contributed by atoms with Gasteiger partial charge in [-0.05, 0) is 29.8 Å². The average molecular weight is 326 g/mol. The van der Waals surface area contributed by atoms with Crippen molar-refractivity contribution in [2.24, 2.45) is 0 Å². The molecule has 0 saturated heterocycles. The first-order chi connectivity index (χ1) is 10.1. The molecule has 0 unspecified atom stereocenters. The van der Waals surface area contributed by atoms with E-state index in [1.807, 2.05) is 0 Å². The van der Waals surface area contributed by atoms with Gasteiger partial charge in [0, 0.05) is 6.42 Å². The fourth-order valence-corrected chi connectivity index (χ4v) is 3.09. The van der Waals surface area contributed by atoms with Gasteiger partial charge in [0.1, 0.15) is 11.5 Å². The third-order valence-corrected chi connectivity index (χ3v) is 4.10. The molecule has 22 heavy (non-hydrogen) atoms. The maximum Gasteiger partial charge on any atom is 0.356 e. The van der Waals surface area contributed by atoms with Gasteiger partial charge in [0.05, 0.1) is 10.9 Å². The summed E-state index contributed by atoms with van der Waals surface area (Å²) in [6, 6.07) is 8.95. The second-order valence-electron chi connectivity index (χ2n) is 4.88. The van der Waals surface area contributed by atoms with E-state index in [0.717, 1.165) is 12.1 Å². The first-order valence-corrected chi connectivity index (χ1v) is 7.84. The van der Waals surface area contributed by atoms with Gasteiger partial charge in [-0.3, -0.25) is 4.57 Å². The molecule has 0 spiro atoms. The minimum absolute atomic E-state index is 0.0965. The van der Waals surface area contributed by atoms with E-state index in [9.17, 15) is 34.8 Å². The number of aromatic hydroxyl groups is 2. The van der Waals surface area contributed by atoms with Gasteiger partial charge in [0.15, 0.2) is 5.79 Å². The first-order valence-electron chi connectivity index (χ1n) is 6.22. The highest BCUT2D eigenvalue weighted by atomic mass is 31.2. The van der Waals surface area contributed by atoms with E-state index in [1.165, 1.54) is 30.3 Å². The van der Waals surface area contributed by atoms with E-state index < -0.39 is 36.4 Å². The van der Waals surface area contributed by atoms with Gasteiger partial charge in [-0.2, -0.15) is 0 Å². The van der Waals surface area contributed by atoms with E-state index in [1.54, 1.807) is 0 Å². The lowest BCUT2D eigenvalue weighted by atomic mass is 9.97. The summed E-state index contributed by atoms with van der Waals surface area (Å²) in [5.74, 6) is -3.47. The predicted octanol–water partition coefficient (Wildman–Crippen LogP) is 0.281. The Bertz CT molecular complexity index is 736. The van der Waals surface area contributed by atoms with Crippen molar-refractivity contribution in [1.29, 1.82) is 0 Å². The van der Waals surface area contributed by atoms with Crippen LogP contribution in [0, 0.1) is 0 Å². The zero-order chi connectivity index (χ0) is 16.5. The highest BCUT2D eigenvalue weighted by Crippen LogP contribution is 2.41. The van der Waals surface area contributed by atoms with E-state index in [-0.39, 0.29) is 5.75 Å². The number of hydrogen-bond acceptors (Lipinski definition) is 5. The van der Waals surface area contributed by atoms with Crippen LogP contribution in [0.1, 0.15) is 11.1 Å². The number of aliphatic hydroxyl groups is 2. The molecule has 0 atom stereocenters. The van der Waals surface area contributed by atoms with E-state index in [0.29, 0.717) is 5.56 Å². The van der Waals surface area contributed by atoms with Crippen molar-refractivity contribution >= 4 is 12.9 Å².